The van der Waals surface area contributed by atoms with Gasteiger partial charge in [0.2, 0.25) is 0 Å². The largest absolute Gasteiger partial charge is 0.311 e. The number of aromatic nitrogens is 2. The summed E-state index contributed by atoms with van der Waals surface area (Å²) in [5.74, 6) is 0.738. The van der Waals surface area contributed by atoms with Crippen molar-refractivity contribution in [1.82, 2.24) is 15.1 Å². The zero-order valence-electron chi connectivity index (χ0n) is 13.7. The summed E-state index contributed by atoms with van der Waals surface area (Å²) in [6, 6.07) is 2.78. The Bertz CT molecular complexity index is 398. The van der Waals surface area contributed by atoms with Gasteiger partial charge in [-0.3, -0.25) is 4.68 Å². The van der Waals surface area contributed by atoms with Crippen LogP contribution >= 0.6 is 0 Å². The molecule has 1 aromatic heterocycles. The number of hydrogen-bond acceptors (Lipinski definition) is 2. The highest BCUT2D eigenvalue weighted by Gasteiger charge is 2.34. The van der Waals surface area contributed by atoms with Crippen LogP contribution in [-0.4, -0.2) is 21.9 Å². The van der Waals surface area contributed by atoms with Gasteiger partial charge < -0.3 is 5.32 Å². The van der Waals surface area contributed by atoms with Gasteiger partial charge in [-0.1, -0.05) is 27.7 Å². The molecule has 1 saturated heterocycles. The molecule has 1 aliphatic rings. The van der Waals surface area contributed by atoms with Crippen molar-refractivity contribution < 1.29 is 0 Å². The van der Waals surface area contributed by atoms with Crippen molar-refractivity contribution in [2.24, 2.45) is 5.92 Å². The summed E-state index contributed by atoms with van der Waals surface area (Å²) in [5.41, 5.74) is 1.55. The molecule has 0 aliphatic carbocycles. The first-order chi connectivity index (χ1) is 9.58. The van der Waals surface area contributed by atoms with E-state index in [0.717, 1.165) is 25.2 Å². The van der Waals surface area contributed by atoms with Crippen molar-refractivity contribution in [3.05, 3.63) is 18.0 Å². The number of nitrogens with one attached hydrogen (secondary N) is 1. The van der Waals surface area contributed by atoms with Gasteiger partial charge in [-0.2, -0.15) is 5.10 Å². The van der Waals surface area contributed by atoms with E-state index in [1.54, 1.807) is 0 Å². The lowest BCUT2D eigenvalue weighted by atomic mass is 9.83. The van der Waals surface area contributed by atoms with Gasteiger partial charge in [0.1, 0.15) is 0 Å². The van der Waals surface area contributed by atoms with Crippen LogP contribution in [0.3, 0.4) is 0 Å². The average Bonchev–Trinajstić information content (AvgIpc) is 3.01. The standard InChI is InChI=1S/C17H31N3/c1-5-16(6-2)20-11-8-15(19-20)13-17(12-14(3)4)9-7-10-18-17/h8,11,14,16,18H,5-7,9-10,12-13H2,1-4H3. The van der Waals surface area contributed by atoms with Crippen LogP contribution in [0.25, 0.3) is 0 Å². The normalized spacial score (nSPS) is 23.1. The minimum Gasteiger partial charge on any atom is -0.311 e. The van der Waals surface area contributed by atoms with E-state index in [4.69, 9.17) is 5.10 Å². The van der Waals surface area contributed by atoms with Crippen molar-refractivity contribution in [1.29, 1.82) is 0 Å². The van der Waals surface area contributed by atoms with Crippen molar-refractivity contribution in [2.45, 2.75) is 77.8 Å². The molecule has 3 nitrogen and oxygen atoms in total. The molecule has 2 heterocycles. The molecule has 1 N–H and O–H groups in total. The first kappa shape index (κ1) is 15.6. The Morgan fingerprint density at radius 2 is 2.10 bits per heavy atom. The molecule has 1 aliphatic heterocycles. The third-order valence-corrected chi connectivity index (χ3v) is 4.63. The molecule has 0 radical (unpaired) electrons. The highest BCUT2D eigenvalue weighted by molar-refractivity contribution is 5.09. The van der Waals surface area contributed by atoms with Crippen LogP contribution in [0, 0.1) is 5.92 Å². The fraction of sp³-hybridized carbons (Fsp3) is 0.824. The zero-order chi connectivity index (χ0) is 14.6. The van der Waals surface area contributed by atoms with Gasteiger partial charge in [0, 0.05) is 18.2 Å². The molecule has 20 heavy (non-hydrogen) atoms. The Labute approximate surface area is 124 Å². The molecule has 0 amide bonds. The van der Waals surface area contributed by atoms with Gasteiger partial charge in [-0.25, -0.2) is 0 Å². The fourth-order valence-electron chi connectivity index (χ4n) is 3.73. The Morgan fingerprint density at radius 1 is 1.35 bits per heavy atom. The van der Waals surface area contributed by atoms with Gasteiger partial charge in [0.25, 0.3) is 0 Å². The summed E-state index contributed by atoms with van der Waals surface area (Å²) in [6.45, 7) is 10.3. The summed E-state index contributed by atoms with van der Waals surface area (Å²) < 4.78 is 2.17. The fourth-order valence-corrected chi connectivity index (χ4v) is 3.73. The highest BCUT2D eigenvalue weighted by Crippen LogP contribution is 2.30. The van der Waals surface area contributed by atoms with E-state index < -0.39 is 0 Å². The maximum atomic E-state index is 4.84. The van der Waals surface area contributed by atoms with Crippen molar-refractivity contribution in [2.75, 3.05) is 6.54 Å². The predicted molar refractivity (Wildman–Crippen MR) is 85.0 cm³/mol. The van der Waals surface area contributed by atoms with Crippen LogP contribution < -0.4 is 5.32 Å². The number of rotatable bonds is 7. The second kappa shape index (κ2) is 6.75. The molecular formula is C17H31N3. The number of hydrogen-bond donors (Lipinski definition) is 1. The average molecular weight is 277 g/mol. The Kier molecular flexibility index (Phi) is 5.25. The molecule has 0 bridgehead atoms. The lowest BCUT2D eigenvalue weighted by Gasteiger charge is -2.31. The number of nitrogens with zero attached hydrogens (tertiary/aromatic N) is 2. The third kappa shape index (κ3) is 3.63. The van der Waals surface area contributed by atoms with Crippen molar-refractivity contribution in [3.63, 3.8) is 0 Å². The van der Waals surface area contributed by atoms with Crippen molar-refractivity contribution in [3.8, 4) is 0 Å². The molecule has 0 aromatic carbocycles. The second-order valence-electron chi connectivity index (χ2n) is 6.84. The van der Waals surface area contributed by atoms with Crippen LogP contribution in [-0.2, 0) is 6.42 Å². The van der Waals surface area contributed by atoms with Crippen molar-refractivity contribution >= 4 is 0 Å². The van der Waals surface area contributed by atoms with E-state index in [0.29, 0.717) is 11.6 Å². The molecule has 0 spiro atoms. The highest BCUT2D eigenvalue weighted by atomic mass is 15.3. The zero-order valence-corrected chi connectivity index (χ0v) is 13.7. The quantitative estimate of drug-likeness (QED) is 0.817. The smallest absolute Gasteiger partial charge is 0.0643 e. The van der Waals surface area contributed by atoms with E-state index in [9.17, 15) is 0 Å². The lowest BCUT2D eigenvalue weighted by molar-refractivity contribution is 0.297. The lowest BCUT2D eigenvalue weighted by Crippen LogP contribution is -2.43. The van der Waals surface area contributed by atoms with E-state index in [1.165, 1.54) is 31.5 Å². The van der Waals surface area contributed by atoms with Crippen LogP contribution in [0.5, 0.6) is 0 Å². The first-order valence-electron chi connectivity index (χ1n) is 8.37. The molecule has 114 valence electrons. The first-order valence-corrected chi connectivity index (χ1v) is 8.37. The van der Waals surface area contributed by atoms with Crippen LogP contribution in [0.2, 0.25) is 0 Å². The Morgan fingerprint density at radius 3 is 2.65 bits per heavy atom. The summed E-state index contributed by atoms with van der Waals surface area (Å²) in [4.78, 5) is 0. The second-order valence-corrected chi connectivity index (χ2v) is 6.84. The predicted octanol–water partition coefficient (Wildman–Crippen LogP) is 3.96. The summed E-state index contributed by atoms with van der Waals surface area (Å²) in [5, 5.41) is 8.61. The van der Waals surface area contributed by atoms with E-state index in [1.807, 2.05) is 0 Å². The molecule has 2 rings (SSSR count). The van der Waals surface area contributed by atoms with E-state index in [-0.39, 0.29) is 0 Å². The summed E-state index contributed by atoms with van der Waals surface area (Å²) in [7, 11) is 0. The van der Waals surface area contributed by atoms with Crippen LogP contribution in [0.15, 0.2) is 12.3 Å². The van der Waals surface area contributed by atoms with Gasteiger partial charge >= 0.3 is 0 Å². The molecule has 1 atom stereocenters. The molecule has 1 aromatic rings. The van der Waals surface area contributed by atoms with Crippen LogP contribution in [0.1, 0.15) is 71.5 Å². The summed E-state index contributed by atoms with van der Waals surface area (Å²) in [6.07, 6.45) is 9.43. The molecule has 1 fully saturated rings. The molecule has 1 unspecified atom stereocenters. The molecule has 0 saturated carbocycles. The van der Waals surface area contributed by atoms with E-state index >= 15 is 0 Å². The van der Waals surface area contributed by atoms with Crippen LogP contribution in [0.4, 0.5) is 0 Å². The molecular weight excluding hydrogens is 246 g/mol. The van der Waals surface area contributed by atoms with Gasteiger partial charge in [-0.05, 0) is 50.6 Å². The Hall–Kier alpha value is -0.830. The summed E-state index contributed by atoms with van der Waals surface area (Å²) >= 11 is 0. The third-order valence-electron chi connectivity index (χ3n) is 4.63. The minimum atomic E-state index is 0.293. The maximum Gasteiger partial charge on any atom is 0.0643 e. The monoisotopic (exact) mass is 277 g/mol. The van der Waals surface area contributed by atoms with E-state index in [2.05, 4.69) is 50.0 Å². The topological polar surface area (TPSA) is 29.9 Å². The SMILES string of the molecule is CCC(CC)n1ccc(CC2(CC(C)C)CCCN2)n1. The maximum absolute atomic E-state index is 4.84. The van der Waals surface area contributed by atoms with Gasteiger partial charge in [-0.15, -0.1) is 0 Å². The van der Waals surface area contributed by atoms with Gasteiger partial charge in [0.05, 0.1) is 11.7 Å². The minimum absolute atomic E-state index is 0.293. The van der Waals surface area contributed by atoms with Gasteiger partial charge in [0.15, 0.2) is 0 Å². The molecule has 3 heteroatoms. The Balaban J connectivity index is 2.07.